The molecule has 0 bridgehead atoms. The summed E-state index contributed by atoms with van der Waals surface area (Å²) in [5.74, 6) is 0.919. The first-order valence-electron chi connectivity index (χ1n) is 6.75. The van der Waals surface area contributed by atoms with E-state index < -0.39 is 0 Å². The van der Waals surface area contributed by atoms with Gasteiger partial charge in [0, 0.05) is 12.5 Å². The Hall–Kier alpha value is -1.55. The van der Waals surface area contributed by atoms with Crippen LogP contribution in [0.15, 0.2) is 18.2 Å². The van der Waals surface area contributed by atoms with Gasteiger partial charge in [0.1, 0.15) is 5.75 Å². The number of methoxy groups -OCH3 is 1. The van der Waals surface area contributed by atoms with Crippen molar-refractivity contribution < 1.29 is 9.53 Å². The van der Waals surface area contributed by atoms with Crippen molar-refractivity contribution in [3.05, 3.63) is 29.3 Å². The Balaban J connectivity index is 2.60. The lowest BCUT2D eigenvalue weighted by Crippen LogP contribution is -2.29. The Morgan fingerprint density at radius 1 is 1.47 bits per heavy atom. The van der Waals surface area contributed by atoms with Gasteiger partial charge in [-0.25, -0.2) is 0 Å². The van der Waals surface area contributed by atoms with Gasteiger partial charge in [-0.1, -0.05) is 26.0 Å². The number of ether oxygens (including phenoxy) is 1. The molecular formula is C15H24N2O2. The second-order valence-corrected chi connectivity index (χ2v) is 4.70. The number of aryl methyl sites for hydroxylation is 1. The van der Waals surface area contributed by atoms with E-state index in [-0.39, 0.29) is 11.8 Å². The summed E-state index contributed by atoms with van der Waals surface area (Å²) in [6.45, 7) is 5.07. The first kappa shape index (κ1) is 15.5. The van der Waals surface area contributed by atoms with E-state index in [9.17, 15) is 4.79 Å². The van der Waals surface area contributed by atoms with Crippen LogP contribution in [-0.4, -0.2) is 19.6 Å². The summed E-state index contributed by atoms with van der Waals surface area (Å²) in [4.78, 5) is 11.8. The topological polar surface area (TPSA) is 64.4 Å². The van der Waals surface area contributed by atoms with Crippen molar-refractivity contribution >= 4 is 5.91 Å². The molecule has 1 aromatic carbocycles. The summed E-state index contributed by atoms with van der Waals surface area (Å²) in [6, 6.07) is 6.00. The standard InChI is InChI=1S/C15H24N2O2/c1-4-13-9-12(5-6-14(13)19-3)10-17-15(18)11(2)7-8-16/h5-6,9,11H,4,7-8,10,16H2,1-3H3,(H,17,18). The van der Waals surface area contributed by atoms with Gasteiger partial charge in [0.25, 0.3) is 0 Å². The predicted octanol–water partition coefficient (Wildman–Crippen LogP) is 1.86. The summed E-state index contributed by atoms with van der Waals surface area (Å²) in [6.07, 6.45) is 1.63. The highest BCUT2D eigenvalue weighted by Crippen LogP contribution is 2.20. The van der Waals surface area contributed by atoms with Crippen molar-refractivity contribution in [2.24, 2.45) is 11.7 Å². The summed E-state index contributed by atoms with van der Waals surface area (Å²) < 4.78 is 5.29. The van der Waals surface area contributed by atoms with Crippen LogP contribution in [0.3, 0.4) is 0 Å². The molecular weight excluding hydrogens is 240 g/mol. The second-order valence-electron chi connectivity index (χ2n) is 4.70. The molecule has 1 unspecified atom stereocenters. The second kappa shape index (κ2) is 7.79. The van der Waals surface area contributed by atoms with Crippen molar-refractivity contribution in [2.45, 2.75) is 33.2 Å². The summed E-state index contributed by atoms with van der Waals surface area (Å²) in [7, 11) is 1.67. The molecule has 3 N–H and O–H groups in total. The van der Waals surface area contributed by atoms with Gasteiger partial charge in [0.2, 0.25) is 5.91 Å². The number of amides is 1. The number of carbonyl (C=O) groups is 1. The maximum absolute atomic E-state index is 11.8. The fourth-order valence-electron chi connectivity index (χ4n) is 1.96. The average molecular weight is 264 g/mol. The molecule has 0 aliphatic carbocycles. The Kier molecular flexibility index (Phi) is 6.36. The van der Waals surface area contributed by atoms with Crippen LogP contribution in [0.1, 0.15) is 31.4 Å². The van der Waals surface area contributed by atoms with Gasteiger partial charge in [-0.2, -0.15) is 0 Å². The molecule has 0 spiro atoms. The maximum Gasteiger partial charge on any atom is 0.223 e. The molecule has 19 heavy (non-hydrogen) atoms. The van der Waals surface area contributed by atoms with E-state index in [0.29, 0.717) is 19.5 Å². The molecule has 0 saturated carbocycles. The van der Waals surface area contributed by atoms with E-state index in [0.717, 1.165) is 23.3 Å². The molecule has 0 heterocycles. The molecule has 0 radical (unpaired) electrons. The van der Waals surface area contributed by atoms with Gasteiger partial charge < -0.3 is 15.8 Å². The highest BCUT2D eigenvalue weighted by molar-refractivity contribution is 5.78. The zero-order chi connectivity index (χ0) is 14.3. The average Bonchev–Trinajstić information content (AvgIpc) is 2.44. The Labute approximate surface area is 115 Å². The normalized spacial score (nSPS) is 12.0. The largest absolute Gasteiger partial charge is 0.496 e. The molecule has 1 rings (SSSR count). The first-order valence-corrected chi connectivity index (χ1v) is 6.75. The van der Waals surface area contributed by atoms with Crippen molar-refractivity contribution in [3.63, 3.8) is 0 Å². The van der Waals surface area contributed by atoms with Gasteiger partial charge in [-0.15, -0.1) is 0 Å². The lowest BCUT2D eigenvalue weighted by atomic mass is 10.1. The highest BCUT2D eigenvalue weighted by Gasteiger charge is 2.11. The van der Waals surface area contributed by atoms with E-state index >= 15 is 0 Å². The minimum Gasteiger partial charge on any atom is -0.496 e. The van der Waals surface area contributed by atoms with Crippen LogP contribution in [0, 0.1) is 5.92 Å². The predicted molar refractivity (Wildman–Crippen MR) is 77.1 cm³/mol. The Bertz CT molecular complexity index is 419. The van der Waals surface area contributed by atoms with Crippen molar-refractivity contribution in [1.82, 2.24) is 5.32 Å². The third kappa shape index (κ3) is 4.56. The number of carbonyl (C=O) groups excluding carboxylic acids is 1. The van der Waals surface area contributed by atoms with Gasteiger partial charge in [0.15, 0.2) is 0 Å². The summed E-state index contributed by atoms with van der Waals surface area (Å²) >= 11 is 0. The number of benzene rings is 1. The lowest BCUT2D eigenvalue weighted by molar-refractivity contribution is -0.124. The van der Waals surface area contributed by atoms with E-state index in [4.69, 9.17) is 10.5 Å². The van der Waals surface area contributed by atoms with Crippen molar-refractivity contribution in [1.29, 1.82) is 0 Å². The SMILES string of the molecule is CCc1cc(CNC(=O)C(C)CCN)ccc1OC. The number of nitrogens with two attached hydrogens (primary N) is 1. The fourth-order valence-corrected chi connectivity index (χ4v) is 1.96. The number of hydrogen-bond donors (Lipinski definition) is 2. The van der Waals surface area contributed by atoms with Gasteiger partial charge in [-0.3, -0.25) is 4.79 Å². The molecule has 1 aromatic rings. The monoisotopic (exact) mass is 264 g/mol. The van der Waals surface area contributed by atoms with E-state index in [1.165, 1.54) is 0 Å². The first-order chi connectivity index (χ1) is 9.12. The number of hydrogen-bond acceptors (Lipinski definition) is 3. The number of nitrogens with one attached hydrogen (secondary N) is 1. The molecule has 1 atom stereocenters. The van der Waals surface area contributed by atoms with Crippen molar-refractivity contribution in [3.8, 4) is 5.75 Å². The molecule has 1 amide bonds. The van der Waals surface area contributed by atoms with Crippen LogP contribution in [0.2, 0.25) is 0 Å². The minimum absolute atomic E-state index is 0.0334. The minimum atomic E-state index is -0.0334. The quantitative estimate of drug-likeness (QED) is 0.790. The van der Waals surface area contributed by atoms with Crippen LogP contribution >= 0.6 is 0 Å². The van der Waals surface area contributed by atoms with E-state index in [1.807, 2.05) is 19.1 Å². The molecule has 0 saturated heterocycles. The smallest absolute Gasteiger partial charge is 0.223 e. The zero-order valence-electron chi connectivity index (χ0n) is 12.0. The van der Waals surface area contributed by atoms with Gasteiger partial charge in [-0.05, 0) is 36.6 Å². The fraction of sp³-hybridized carbons (Fsp3) is 0.533. The summed E-state index contributed by atoms with van der Waals surface area (Å²) in [5.41, 5.74) is 7.70. The van der Waals surface area contributed by atoms with E-state index in [1.54, 1.807) is 7.11 Å². The zero-order valence-corrected chi connectivity index (χ0v) is 12.0. The third-order valence-corrected chi connectivity index (χ3v) is 3.24. The third-order valence-electron chi connectivity index (χ3n) is 3.24. The van der Waals surface area contributed by atoms with Crippen LogP contribution in [0.25, 0.3) is 0 Å². The molecule has 0 aromatic heterocycles. The summed E-state index contributed by atoms with van der Waals surface area (Å²) in [5, 5.41) is 2.94. The van der Waals surface area contributed by atoms with Gasteiger partial charge >= 0.3 is 0 Å². The molecule has 0 aliphatic heterocycles. The molecule has 0 aliphatic rings. The highest BCUT2D eigenvalue weighted by atomic mass is 16.5. The van der Waals surface area contributed by atoms with Crippen LogP contribution in [-0.2, 0) is 17.8 Å². The van der Waals surface area contributed by atoms with Crippen molar-refractivity contribution in [2.75, 3.05) is 13.7 Å². The molecule has 106 valence electrons. The maximum atomic E-state index is 11.8. The Morgan fingerprint density at radius 2 is 2.21 bits per heavy atom. The van der Waals surface area contributed by atoms with Crippen LogP contribution in [0.4, 0.5) is 0 Å². The van der Waals surface area contributed by atoms with Crippen LogP contribution < -0.4 is 15.8 Å². The lowest BCUT2D eigenvalue weighted by Gasteiger charge is -2.13. The molecule has 0 fully saturated rings. The van der Waals surface area contributed by atoms with Crippen LogP contribution in [0.5, 0.6) is 5.75 Å². The van der Waals surface area contributed by atoms with Gasteiger partial charge in [0.05, 0.1) is 7.11 Å². The van der Waals surface area contributed by atoms with E-state index in [2.05, 4.69) is 18.3 Å². The molecule has 4 nitrogen and oxygen atoms in total. The number of rotatable bonds is 7. The Morgan fingerprint density at radius 3 is 2.79 bits per heavy atom. The molecule has 4 heteroatoms.